The number of rotatable bonds is 3. The highest BCUT2D eigenvalue weighted by atomic mass is 35.5. The molecule has 2 N–H and O–H groups in total. The van der Waals surface area contributed by atoms with Crippen LogP contribution in [-0.2, 0) is 4.79 Å². The molecule has 6 nitrogen and oxygen atoms in total. The second kappa shape index (κ2) is 8.31. The molecule has 0 aromatic heterocycles. The molecular weight excluding hydrogens is 364 g/mol. The largest absolute Gasteiger partial charge is 0.368 e. The molecule has 0 spiro atoms. The van der Waals surface area contributed by atoms with Gasteiger partial charge in [-0.05, 0) is 42.8 Å². The number of urea groups is 1. The maximum atomic E-state index is 12.5. The van der Waals surface area contributed by atoms with E-state index >= 15 is 0 Å². The minimum Gasteiger partial charge on any atom is -0.368 e. The first-order valence-corrected chi connectivity index (χ1v) is 9.25. The molecule has 0 atom stereocenters. The third-order valence-corrected chi connectivity index (χ3v) is 4.93. The van der Waals surface area contributed by atoms with Gasteiger partial charge in [-0.15, -0.1) is 0 Å². The van der Waals surface area contributed by atoms with Crippen molar-refractivity contribution in [3.8, 4) is 0 Å². The molecular formula is C20H23ClN4O2. The molecule has 0 radical (unpaired) electrons. The number of nitrogens with one attached hydrogen (secondary N) is 2. The average molecular weight is 387 g/mol. The molecule has 142 valence electrons. The van der Waals surface area contributed by atoms with Gasteiger partial charge in [-0.2, -0.15) is 0 Å². The van der Waals surface area contributed by atoms with E-state index in [9.17, 15) is 9.59 Å². The zero-order valence-corrected chi connectivity index (χ0v) is 16.2. The van der Waals surface area contributed by atoms with Gasteiger partial charge in [0.1, 0.15) is 0 Å². The summed E-state index contributed by atoms with van der Waals surface area (Å²) in [5, 5.41) is 6.36. The van der Waals surface area contributed by atoms with Gasteiger partial charge >= 0.3 is 6.03 Å². The van der Waals surface area contributed by atoms with Crippen molar-refractivity contribution < 1.29 is 9.59 Å². The lowest BCUT2D eigenvalue weighted by molar-refractivity contribution is -0.114. The lowest BCUT2D eigenvalue weighted by Crippen LogP contribution is -2.50. The van der Waals surface area contributed by atoms with E-state index < -0.39 is 0 Å². The van der Waals surface area contributed by atoms with Crippen LogP contribution in [0.4, 0.5) is 21.9 Å². The second-order valence-corrected chi connectivity index (χ2v) is 7.01. The fourth-order valence-corrected chi connectivity index (χ4v) is 3.20. The summed E-state index contributed by atoms with van der Waals surface area (Å²) in [6.45, 7) is 6.18. The Morgan fingerprint density at radius 1 is 0.963 bits per heavy atom. The van der Waals surface area contributed by atoms with E-state index in [2.05, 4.69) is 21.6 Å². The van der Waals surface area contributed by atoms with E-state index in [1.54, 1.807) is 29.2 Å². The Morgan fingerprint density at radius 3 is 2.26 bits per heavy atom. The van der Waals surface area contributed by atoms with E-state index in [0.717, 1.165) is 29.4 Å². The highest BCUT2D eigenvalue weighted by molar-refractivity contribution is 6.31. The molecule has 1 fully saturated rings. The van der Waals surface area contributed by atoms with Crippen LogP contribution in [0.3, 0.4) is 0 Å². The molecule has 3 amide bonds. The van der Waals surface area contributed by atoms with Crippen LogP contribution in [-0.4, -0.2) is 43.0 Å². The molecule has 0 unspecified atom stereocenters. The number of hydrogen-bond acceptors (Lipinski definition) is 3. The summed E-state index contributed by atoms with van der Waals surface area (Å²) < 4.78 is 0. The van der Waals surface area contributed by atoms with Crippen molar-refractivity contribution in [3.05, 3.63) is 53.1 Å². The Morgan fingerprint density at radius 2 is 1.63 bits per heavy atom. The van der Waals surface area contributed by atoms with Crippen molar-refractivity contribution in [2.24, 2.45) is 0 Å². The summed E-state index contributed by atoms with van der Waals surface area (Å²) in [4.78, 5) is 27.7. The van der Waals surface area contributed by atoms with Crippen LogP contribution in [0.5, 0.6) is 0 Å². The lowest BCUT2D eigenvalue weighted by atomic mass is 10.2. The number of carbonyl (C=O) groups excluding carboxylic acids is 2. The smallest absolute Gasteiger partial charge is 0.321 e. The number of aryl methyl sites for hydroxylation is 1. The van der Waals surface area contributed by atoms with Crippen LogP contribution in [0, 0.1) is 6.92 Å². The standard InChI is InChI=1S/C20H23ClN4O2/c1-14-6-7-18(13-19(14)21)24-8-10-25(11-9-24)20(27)23-17-5-3-4-16(12-17)22-15(2)26/h3-7,12-13H,8-11H2,1-2H3,(H,22,26)(H,23,27). The van der Waals surface area contributed by atoms with Crippen molar-refractivity contribution in [1.82, 2.24) is 4.90 Å². The van der Waals surface area contributed by atoms with E-state index in [0.29, 0.717) is 24.5 Å². The fourth-order valence-electron chi connectivity index (χ4n) is 3.03. The van der Waals surface area contributed by atoms with E-state index in [1.165, 1.54) is 6.92 Å². The predicted octanol–water partition coefficient (Wildman–Crippen LogP) is 3.96. The third-order valence-electron chi connectivity index (χ3n) is 4.52. The molecule has 1 heterocycles. The molecule has 2 aromatic carbocycles. The maximum Gasteiger partial charge on any atom is 0.321 e. The number of amides is 3. The van der Waals surface area contributed by atoms with Gasteiger partial charge in [-0.25, -0.2) is 4.79 Å². The molecule has 3 rings (SSSR count). The van der Waals surface area contributed by atoms with Crippen LogP contribution in [0.1, 0.15) is 12.5 Å². The molecule has 7 heteroatoms. The predicted molar refractivity (Wildman–Crippen MR) is 110 cm³/mol. The van der Waals surface area contributed by atoms with Gasteiger partial charge in [0, 0.05) is 55.2 Å². The second-order valence-electron chi connectivity index (χ2n) is 6.60. The van der Waals surface area contributed by atoms with Crippen molar-refractivity contribution in [2.75, 3.05) is 41.7 Å². The molecule has 1 aliphatic rings. The van der Waals surface area contributed by atoms with Crippen LogP contribution >= 0.6 is 11.6 Å². The Labute approximate surface area is 164 Å². The number of carbonyl (C=O) groups is 2. The molecule has 0 saturated carbocycles. The van der Waals surface area contributed by atoms with Crippen LogP contribution in [0.25, 0.3) is 0 Å². The van der Waals surface area contributed by atoms with E-state index in [1.807, 2.05) is 19.1 Å². The van der Waals surface area contributed by atoms with E-state index in [-0.39, 0.29) is 11.9 Å². The minimum atomic E-state index is -0.147. The summed E-state index contributed by atoms with van der Waals surface area (Å²) in [6.07, 6.45) is 0. The summed E-state index contributed by atoms with van der Waals surface area (Å²) in [7, 11) is 0. The van der Waals surface area contributed by atoms with E-state index in [4.69, 9.17) is 11.6 Å². The minimum absolute atomic E-state index is 0.142. The molecule has 1 aliphatic heterocycles. The van der Waals surface area contributed by atoms with Gasteiger partial charge in [-0.3, -0.25) is 4.79 Å². The Kier molecular flexibility index (Phi) is 5.86. The SMILES string of the molecule is CC(=O)Nc1cccc(NC(=O)N2CCN(c3ccc(C)c(Cl)c3)CC2)c1. The number of halogens is 1. The number of hydrogen-bond donors (Lipinski definition) is 2. The average Bonchev–Trinajstić information content (AvgIpc) is 2.64. The highest BCUT2D eigenvalue weighted by Crippen LogP contribution is 2.24. The van der Waals surface area contributed by atoms with Crippen LogP contribution in [0.2, 0.25) is 5.02 Å². The normalized spacial score (nSPS) is 14.0. The fraction of sp³-hybridized carbons (Fsp3) is 0.300. The molecule has 27 heavy (non-hydrogen) atoms. The lowest BCUT2D eigenvalue weighted by Gasteiger charge is -2.36. The van der Waals surface area contributed by atoms with Gasteiger partial charge in [0.15, 0.2) is 0 Å². The van der Waals surface area contributed by atoms with Crippen molar-refractivity contribution >= 4 is 40.6 Å². The first-order chi connectivity index (χ1) is 12.9. The molecule has 2 aromatic rings. The quantitative estimate of drug-likeness (QED) is 0.839. The Hall–Kier alpha value is -2.73. The number of anilines is 3. The van der Waals surface area contributed by atoms with Crippen molar-refractivity contribution in [1.29, 1.82) is 0 Å². The van der Waals surface area contributed by atoms with Crippen molar-refractivity contribution in [2.45, 2.75) is 13.8 Å². The molecule has 0 bridgehead atoms. The Balaban J connectivity index is 1.57. The van der Waals surface area contributed by atoms with Crippen LogP contribution < -0.4 is 15.5 Å². The number of piperazine rings is 1. The number of nitrogens with zero attached hydrogens (tertiary/aromatic N) is 2. The monoisotopic (exact) mass is 386 g/mol. The van der Waals surface area contributed by atoms with Crippen LogP contribution in [0.15, 0.2) is 42.5 Å². The molecule has 1 saturated heterocycles. The summed E-state index contributed by atoms with van der Waals surface area (Å²) in [5.74, 6) is -0.147. The number of benzene rings is 2. The topological polar surface area (TPSA) is 64.7 Å². The zero-order chi connectivity index (χ0) is 19.4. The first kappa shape index (κ1) is 19.0. The first-order valence-electron chi connectivity index (χ1n) is 8.87. The van der Waals surface area contributed by atoms with Gasteiger partial charge < -0.3 is 20.4 Å². The van der Waals surface area contributed by atoms with Gasteiger partial charge in [0.25, 0.3) is 0 Å². The maximum absolute atomic E-state index is 12.5. The Bertz CT molecular complexity index is 848. The molecule has 0 aliphatic carbocycles. The van der Waals surface area contributed by atoms with Gasteiger partial charge in [0.05, 0.1) is 0 Å². The van der Waals surface area contributed by atoms with Gasteiger partial charge in [0.2, 0.25) is 5.91 Å². The zero-order valence-electron chi connectivity index (χ0n) is 15.5. The summed E-state index contributed by atoms with van der Waals surface area (Å²) >= 11 is 6.22. The van der Waals surface area contributed by atoms with Crippen molar-refractivity contribution in [3.63, 3.8) is 0 Å². The summed E-state index contributed by atoms with van der Waals surface area (Å²) in [5.41, 5.74) is 3.44. The summed E-state index contributed by atoms with van der Waals surface area (Å²) in [6, 6.07) is 13.0. The third kappa shape index (κ3) is 4.92. The van der Waals surface area contributed by atoms with Gasteiger partial charge in [-0.1, -0.05) is 23.7 Å². The highest BCUT2D eigenvalue weighted by Gasteiger charge is 2.21.